The summed E-state index contributed by atoms with van der Waals surface area (Å²) in [5, 5.41) is 10.1. The van der Waals surface area contributed by atoms with Crippen LogP contribution in [0.5, 0.6) is 0 Å². The zero-order valence-electron chi connectivity index (χ0n) is 11.3. The minimum absolute atomic E-state index is 0.115. The molecule has 104 valence electrons. The first kappa shape index (κ1) is 13.1. The molecule has 3 heterocycles. The van der Waals surface area contributed by atoms with Crippen molar-refractivity contribution >= 4 is 22.2 Å². The lowest BCUT2D eigenvalue weighted by Crippen LogP contribution is -2.32. The normalized spacial score (nSPS) is 27.9. The monoisotopic (exact) mass is 280 g/mol. The summed E-state index contributed by atoms with van der Waals surface area (Å²) in [6.45, 7) is 5.80. The summed E-state index contributed by atoms with van der Waals surface area (Å²) in [5.74, 6) is 0.257. The molecular weight excluding hydrogens is 260 g/mol. The minimum Gasteiger partial charge on any atom is -0.395 e. The van der Waals surface area contributed by atoms with Gasteiger partial charge in [-0.15, -0.1) is 11.3 Å². The maximum absolute atomic E-state index is 12.3. The van der Waals surface area contributed by atoms with E-state index < -0.39 is 0 Å². The standard InChI is InChI=1S/C14H20N2O2S/c1-11-2-3-13(19-11)16-10-14(8-12(16)18)4-5-15(9-14)6-7-17/h2-3,17H,4-10H2,1H3/t14-/m1/s1. The Morgan fingerprint density at radius 3 is 2.95 bits per heavy atom. The van der Waals surface area contributed by atoms with Crippen molar-refractivity contribution < 1.29 is 9.90 Å². The highest BCUT2D eigenvalue weighted by atomic mass is 32.1. The van der Waals surface area contributed by atoms with Crippen molar-refractivity contribution in [3.05, 3.63) is 17.0 Å². The van der Waals surface area contributed by atoms with Crippen LogP contribution in [0.3, 0.4) is 0 Å². The number of carbonyl (C=O) groups excluding carboxylic acids is 1. The molecule has 2 saturated heterocycles. The largest absolute Gasteiger partial charge is 0.395 e. The average molecular weight is 280 g/mol. The molecule has 1 atom stereocenters. The molecule has 0 unspecified atom stereocenters. The second-order valence-electron chi connectivity index (χ2n) is 5.79. The van der Waals surface area contributed by atoms with Crippen LogP contribution in [0.4, 0.5) is 5.00 Å². The number of likely N-dealkylation sites (tertiary alicyclic amines) is 1. The van der Waals surface area contributed by atoms with Crippen molar-refractivity contribution in [2.45, 2.75) is 19.8 Å². The Bertz CT molecular complexity index is 488. The van der Waals surface area contributed by atoms with Crippen LogP contribution in [0.15, 0.2) is 12.1 Å². The molecule has 4 nitrogen and oxygen atoms in total. The molecule has 0 aromatic carbocycles. The Kier molecular flexibility index (Phi) is 3.37. The van der Waals surface area contributed by atoms with Gasteiger partial charge in [-0.25, -0.2) is 0 Å². The number of thiophene rings is 1. The molecule has 3 rings (SSSR count). The summed E-state index contributed by atoms with van der Waals surface area (Å²) in [6, 6.07) is 4.13. The lowest BCUT2D eigenvalue weighted by atomic mass is 9.86. The summed E-state index contributed by atoms with van der Waals surface area (Å²) in [4.78, 5) is 17.8. The molecule has 2 aliphatic heterocycles. The number of β-amino-alcohol motifs (C(OH)–C–C–N with tert-alkyl or cyclic N) is 1. The van der Waals surface area contributed by atoms with Crippen LogP contribution in [0, 0.1) is 12.3 Å². The van der Waals surface area contributed by atoms with E-state index in [1.54, 1.807) is 11.3 Å². The SMILES string of the molecule is Cc1ccc(N2C[C@]3(CCN(CCO)C3)CC2=O)s1. The second kappa shape index (κ2) is 4.89. The van der Waals surface area contributed by atoms with E-state index in [4.69, 9.17) is 5.11 Å². The van der Waals surface area contributed by atoms with Gasteiger partial charge in [-0.1, -0.05) is 0 Å². The number of carbonyl (C=O) groups is 1. The van der Waals surface area contributed by atoms with Crippen molar-refractivity contribution in [1.29, 1.82) is 0 Å². The Morgan fingerprint density at radius 2 is 2.26 bits per heavy atom. The van der Waals surface area contributed by atoms with Crippen LogP contribution in [-0.4, -0.2) is 48.7 Å². The Hall–Kier alpha value is -0.910. The van der Waals surface area contributed by atoms with Gasteiger partial charge in [0.25, 0.3) is 0 Å². The number of aliphatic hydroxyl groups is 1. The number of hydrogen-bond acceptors (Lipinski definition) is 4. The molecule has 0 aliphatic carbocycles. The maximum Gasteiger partial charge on any atom is 0.228 e. The molecular formula is C14H20N2O2S. The molecule has 19 heavy (non-hydrogen) atoms. The number of aliphatic hydroxyl groups excluding tert-OH is 1. The van der Waals surface area contributed by atoms with E-state index in [1.807, 2.05) is 4.90 Å². The Labute approximate surface area is 117 Å². The van der Waals surface area contributed by atoms with Gasteiger partial charge in [-0.3, -0.25) is 4.79 Å². The van der Waals surface area contributed by atoms with Crippen molar-refractivity contribution in [3.8, 4) is 0 Å². The van der Waals surface area contributed by atoms with E-state index in [1.165, 1.54) is 4.88 Å². The molecule has 0 saturated carbocycles. The molecule has 1 spiro atoms. The van der Waals surface area contributed by atoms with E-state index >= 15 is 0 Å². The summed E-state index contributed by atoms with van der Waals surface area (Å²) in [6.07, 6.45) is 1.73. The Balaban J connectivity index is 1.73. The van der Waals surface area contributed by atoms with Crippen LogP contribution >= 0.6 is 11.3 Å². The highest BCUT2D eigenvalue weighted by Gasteiger charge is 2.47. The first-order valence-electron chi connectivity index (χ1n) is 6.82. The predicted octanol–water partition coefficient (Wildman–Crippen LogP) is 1.48. The molecule has 1 N–H and O–H groups in total. The number of anilines is 1. The van der Waals surface area contributed by atoms with Crippen molar-refractivity contribution in [3.63, 3.8) is 0 Å². The molecule has 1 aromatic heterocycles. The third kappa shape index (κ3) is 2.42. The number of rotatable bonds is 3. The summed E-state index contributed by atoms with van der Waals surface area (Å²) in [7, 11) is 0. The van der Waals surface area contributed by atoms with Gasteiger partial charge in [-0.2, -0.15) is 0 Å². The topological polar surface area (TPSA) is 43.8 Å². The summed E-state index contributed by atoms with van der Waals surface area (Å²) < 4.78 is 0. The zero-order chi connectivity index (χ0) is 13.5. The highest BCUT2D eigenvalue weighted by Crippen LogP contribution is 2.43. The van der Waals surface area contributed by atoms with Gasteiger partial charge in [0.05, 0.1) is 11.6 Å². The number of nitrogens with zero attached hydrogens (tertiary/aromatic N) is 2. The first-order chi connectivity index (χ1) is 9.12. The van der Waals surface area contributed by atoms with E-state index in [9.17, 15) is 4.79 Å². The average Bonchev–Trinajstić information content (AvgIpc) is 3.02. The predicted molar refractivity (Wildman–Crippen MR) is 76.6 cm³/mol. The molecule has 1 aromatic rings. The fraction of sp³-hybridized carbons (Fsp3) is 0.643. The van der Waals surface area contributed by atoms with E-state index in [2.05, 4.69) is 24.0 Å². The lowest BCUT2D eigenvalue weighted by molar-refractivity contribution is -0.117. The van der Waals surface area contributed by atoms with Crippen LogP contribution < -0.4 is 4.90 Å². The van der Waals surface area contributed by atoms with Gasteiger partial charge >= 0.3 is 0 Å². The Morgan fingerprint density at radius 1 is 1.42 bits per heavy atom. The van der Waals surface area contributed by atoms with Crippen molar-refractivity contribution in [1.82, 2.24) is 4.90 Å². The van der Waals surface area contributed by atoms with Gasteiger partial charge < -0.3 is 14.9 Å². The number of hydrogen-bond donors (Lipinski definition) is 1. The minimum atomic E-state index is 0.115. The van der Waals surface area contributed by atoms with Crippen molar-refractivity contribution in [2.24, 2.45) is 5.41 Å². The van der Waals surface area contributed by atoms with Crippen LogP contribution in [0.2, 0.25) is 0 Å². The molecule has 1 amide bonds. The maximum atomic E-state index is 12.3. The fourth-order valence-corrected chi connectivity index (χ4v) is 4.18. The van der Waals surface area contributed by atoms with Gasteiger partial charge in [0, 0.05) is 36.3 Å². The van der Waals surface area contributed by atoms with Gasteiger partial charge in [0.15, 0.2) is 0 Å². The molecule has 5 heteroatoms. The third-order valence-electron chi connectivity index (χ3n) is 4.25. The molecule has 0 bridgehead atoms. The zero-order valence-corrected chi connectivity index (χ0v) is 12.1. The third-order valence-corrected chi connectivity index (χ3v) is 5.27. The number of aryl methyl sites for hydroxylation is 1. The van der Waals surface area contributed by atoms with Gasteiger partial charge in [0.2, 0.25) is 5.91 Å². The summed E-state index contributed by atoms with van der Waals surface area (Å²) in [5.41, 5.74) is 0.115. The first-order valence-corrected chi connectivity index (χ1v) is 7.64. The van der Waals surface area contributed by atoms with Crippen LogP contribution in [0.1, 0.15) is 17.7 Å². The van der Waals surface area contributed by atoms with Crippen LogP contribution in [-0.2, 0) is 4.79 Å². The highest BCUT2D eigenvalue weighted by molar-refractivity contribution is 7.16. The quantitative estimate of drug-likeness (QED) is 0.912. The number of amides is 1. The molecule has 2 aliphatic rings. The fourth-order valence-electron chi connectivity index (χ4n) is 3.30. The lowest BCUT2D eigenvalue weighted by Gasteiger charge is -2.23. The molecule has 0 radical (unpaired) electrons. The smallest absolute Gasteiger partial charge is 0.228 e. The molecule has 2 fully saturated rings. The van der Waals surface area contributed by atoms with E-state index in [-0.39, 0.29) is 17.9 Å². The van der Waals surface area contributed by atoms with E-state index in [0.29, 0.717) is 6.42 Å². The summed E-state index contributed by atoms with van der Waals surface area (Å²) >= 11 is 1.69. The van der Waals surface area contributed by atoms with Gasteiger partial charge in [0.1, 0.15) is 0 Å². The van der Waals surface area contributed by atoms with Crippen molar-refractivity contribution in [2.75, 3.05) is 37.7 Å². The van der Waals surface area contributed by atoms with Crippen LogP contribution in [0.25, 0.3) is 0 Å². The van der Waals surface area contributed by atoms with Gasteiger partial charge in [-0.05, 0) is 32.0 Å². The second-order valence-corrected chi connectivity index (χ2v) is 7.06. The van der Waals surface area contributed by atoms with E-state index in [0.717, 1.165) is 37.6 Å².